The van der Waals surface area contributed by atoms with Crippen molar-refractivity contribution in [3.63, 3.8) is 0 Å². The molecule has 1 N–H and O–H groups in total. The number of anilines is 1. The van der Waals surface area contributed by atoms with Crippen molar-refractivity contribution >= 4 is 17.3 Å². The van der Waals surface area contributed by atoms with Gasteiger partial charge in [0, 0.05) is 41.2 Å². The van der Waals surface area contributed by atoms with Gasteiger partial charge in [-0.3, -0.25) is 19.8 Å². The van der Waals surface area contributed by atoms with E-state index in [1.54, 1.807) is 12.1 Å². The van der Waals surface area contributed by atoms with Gasteiger partial charge < -0.3 is 10.1 Å². The summed E-state index contributed by atoms with van der Waals surface area (Å²) in [7, 11) is 1.45. The molecule has 28 heavy (non-hydrogen) atoms. The first-order valence-electron chi connectivity index (χ1n) is 10.0. The predicted octanol–water partition coefficient (Wildman–Crippen LogP) is 2.86. The Morgan fingerprint density at radius 3 is 3.00 bits per heavy atom. The summed E-state index contributed by atoms with van der Waals surface area (Å²) in [5.74, 6) is -0.474. The summed E-state index contributed by atoms with van der Waals surface area (Å²) in [4.78, 5) is 26.5. The van der Waals surface area contributed by atoms with Crippen molar-refractivity contribution in [3.05, 3.63) is 46.0 Å². The zero-order chi connectivity index (χ0) is 19.7. The van der Waals surface area contributed by atoms with Gasteiger partial charge in [0.05, 0.1) is 24.0 Å². The van der Waals surface area contributed by atoms with E-state index in [1.807, 2.05) is 6.07 Å². The Kier molecular flexibility index (Phi) is 3.66. The Hall–Kier alpha value is -2.41. The monoisotopic (exact) mass is 383 g/mol. The first-order valence-corrected chi connectivity index (χ1v) is 10.0. The highest BCUT2D eigenvalue weighted by molar-refractivity contribution is 5.78. The number of fused-ring (bicyclic) bond motifs is 1. The Balaban J connectivity index is 1.75. The molecule has 3 heterocycles. The standard InChI is InChI=1S/C21H25N3O4/c1-3-20-7-4-9-23-10-8-21(19(20)23)15-11-13(24(26)27)5-6-16(15)22-17(21)14(12-20)18(25)28-2/h4-7,11,14,17,19,22H,3,8-10,12H2,1-2H3/t14-,17-,19-,20-,21+/m0/s1. The van der Waals surface area contributed by atoms with E-state index in [-0.39, 0.29) is 45.4 Å². The number of rotatable bonds is 3. The van der Waals surface area contributed by atoms with Crippen LogP contribution in [-0.4, -0.2) is 48.1 Å². The molecule has 0 bridgehead atoms. The van der Waals surface area contributed by atoms with Crippen molar-refractivity contribution < 1.29 is 14.5 Å². The lowest BCUT2D eigenvalue weighted by Gasteiger charge is -2.57. The molecule has 2 fully saturated rings. The van der Waals surface area contributed by atoms with E-state index in [0.29, 0.717) is 0 Å². The molecular formula is C21H25N3O4. The first kappa shape index (κ1) is 17.7. The van der Waals surface area contributed by atoms with Gasteiger partial charge in [0.2, 0.25) is 0 Å². The predicted molar refractivity (Wildman–Crippen MR) is 104 cm³/mol. The van der Waals surface area contributed by atoms with Crippen LogP contribution in [-0.2, 0) is 14.9 Å². The van der Waals surface area contributed by atoms with Crippen LogP contribution in [0.25, 0.3) is 0 Å². The molecule has 1 aromatic rings. The third-order valence-electron chi connectivity index (χ3n) is 7.75. The molecule has 148 valence electrons. The van der Waals surface area contributed by atoms with E-state index in [2.05, 4.69) is 29.3 Å². The molecule has 1 spiro atoms. The van der Waals surface area contributed by atoms with Gasteiger partial charge in [0.25, 0.3) is 5.69 Å². The number of hydrogen-bond acceptors (Lipinski definition) is 6. The summed E-state index contributed by atoms with van der Waals surface area (Å²) >= 11 is 0. The van der Waals surface area contributed by atoms with E-state index in [4.69, 9.17) is 4.74 Å². The highest BCUT2D eigenvalue weighted by Crippen LogP contribution is 2.64. The van der Waals surface area contributed by atoms with Gasteiger partial charge in [0.15, 0.2) is 0 Å². The SMILES string of the molecule is CC[C@]12C=CCN3CC[C@]4(c5cc([N+](=O)[O-])ccc5N[C@H]4[C@@H](C(=O)OC)C1)[C@@H]32. The second-order valence-corrected chi connectivity index (χ2v) is 8.62. The van der Waals surface area contributed by atoms with Crippen LogP contribution < -0.4 is 5.32 Å². The van der Waals surface area contributed by atoms with E-state index in [9.17, 15) is 14.9 Å². The molecule has 1 saturated carbocycles. The number of ether oxygens (including phenoxy) is 1. The average molecular weight is 383 g/mol. The van der Waals surface area contributed by atoms with E-state index >= 15 is 0 Å². The molecule has 0 radical (unpaired) electrons. The minimum atomic E-state index is -0.328. The van der Waals surface area contributed by atoms with Crippen LogP contribution in [0.15, 0.2) is 30.4 Å². The van der Waals surface area contributed by atoms with Crippen LogP contribution in [0.5, 0.6) is 0 Å². The molecule has 5 atom stereocenters. The molecule has 4 aliphatic rings. The topological polar surface area (TPSA) is 84.7 Å². The first-order chi connectivity index (χ1) is 13.5. The lowest BCUT2D eigenvalue weighted by Crippen LogP contribution is -2.66. The zero-order valence-corrected chi connectivity index (χ0v) is 16.2. The fourth-order valence-corrected chi connectivity index (χ4v) is 6.73. The van der Waals surface area contributed by atoms with Crippen LogP contribution in [0.4, 0.5) is 11.4 Å². The van der Waals surface area contributed by atoms with Crippen molar-refractivity contribution in [2.45, 2.75) is 43.7 Å². The summed E-state index contributed by atoms with van der Waals surface area (Å²) in [5, 5.41) is 15.1. The number of carbonyl (C=O) groups is 1. The summed E-state index contributed by atoms with van der Waals surface area (Å²) in [6, 6.07) is 5.23. The number of carbonyl (C=O) groups excluding carboxylic acids is 1. The summed E-state index contributed by atoms with van der Waals surface area (Å²) in [5.41, 5.74) is 1.59. The maximum atomic E-state index is 12.8. The number of nitro benzene ring substituents is 1. The second-order valence-electron chi connectivity index (χ2n) is 8.62. The second kappa shape index (κ2) is 5.80. The largest absolute Gasteiger partial charge is 0.469 e. The van der Waals surface area contributed by atoms with Crippen molar-refractivity contribution in [1.82, 2.24) is 4.90 Å². The van der Waals surface area contributed by atoms with Gasteiger partial charge >= 0.3 is 5.97 Å². The number of hydrogen-bond donors (Lipinski definition) is 1. The van der Waals surface area contributed by atoms with Crippen LogP contribution in [0.1, 0.15) is 31.7 Å². The molecule has 3 aliphatic heterocycles. The Morgan fingerprint density at radius 2 is 2.29 bits per heavy atom. The third kappa shape index (κ3) is 2.00. The number of esters is 1. The number of nitrogens with one attached hydrogen (secondary N) is 1. The van der Waals surface area contributed by atoms with Gasteiger partial charge in [-0.1, -0.05) is 19.1 Å². The molecule has 0 amide bonds. The molecule has 7 nitrogen and oxygen atoms in total. The Labute approximate surface area is 163 Å². The number of nitro groups is 1. The van der Waals surface area contributed by atoms with Crippen molar-refractivity contribution in [3.8, 4) is 0 Å². The van der Waals surface area contributed by atoms with Gasteiger partial charge in [-0.25, -0.2) is 0 Å². The molecule has 1 saturated heterocycles. The molecule has 0 unspecified atom stereocenters. The summed E-state index contributed by atoms with van der Waals surface area (Å²) in [6.07, 6.45) is 7.09. The van der Waals surface area contributed by atoms with Gasteiger partial charge in [-0.2, -0.15) is 0 Å². The normalized spacial score (nSPS) is 37.6. The number of methoxy groups -OCH3 is 1. The fourth-order valence-electron chi connectivity index (χ4n) is 6.73. The van der Waals surface area contributed by atoms with E-state index in [0.717, 1.165) is 43.6 Å². The number of non-ortho nitro benzene ring substituents is 1. The number of nitrogens with zero attached hydrogens (tertiary/aromatic N) is 2. The summed E-state index contributed by atoms with van der Waals surface area (Å²) < 4.78 is 5.21. The molecule has 0 aromatic heterocycles. The van der Waals surface area contributed by atoms with Crippen LogP contribution in [0.2, 0.25) is 0 Å². The molecule has 1 aliphatic carbocycles. The lowest BCUT2D eigenvalue weighted by molar-refractivity contribution is -0.384. The van der Waals surface area contributed by atoms with Crippen molar-refractivity contribution in [2.75, 3.05) is 25.5 Å². The molecule has 1 aromatic carbocycles. The maximum Gasteiger partial charge on any atom is 0.310 e. The number of benzene rings is 1. The zero-order valence-electron chi connectivity index (χ0n) is 16.2. The highest BCUT2D eigenvalue weighted by atomic mass is 16.6. The molecular weight excluding hydrogens is 358 g/mol. The summed E-state index contributed by atoms with van der Waals surface area (Å²) in [6.45, 7) is 4.02. The molecule has 5 rings (SSSR count). The minimum absolute atomic E-state index is 0.0990. The Bertz CT molecular complexity index is 900. The quantitative estimate of drug-likeness (QED) is 0.374. The Morgan fingerprint density at radius 1 is 1.46 bits per heavy atom. The maximum absolute atomic E-state index is 12.8. The van der Waals surface area contributed by atoms with Crippen molar-refractivity contribution in [2.24, 2.45) is 11.3 Å². The van der Waals surface area contributed by atoms with E-state index in [1.165, 1.54) is 7.11 Å². The van der Waals surface area contributed by atoms with Crippen LogP contribution in [0, 0.1) is 21.4 Å². The average Bonchev–Trinajstić information content (AvgIpc) is 3.27. The minimum Gasteiger partial charge on any atom is -0.469 e. The van der Waals surface area contributed by atoms with Crippen molar-refractivity contribution in [1.29, 1.82) is 0 Å². The van der Waals surface area contributed by atoms with Gasteiger partial charge in [0.1, 0.15) is 0 Å². The molecule has 7 heteroatoms. The lowest BCUT2D eigenvalue weighted by atomic mass is 9.51. The fraction of sp³-hybridized carbons (Fsp3) is 0.571. The van der Waals surface area contributed by atoms with Crippen LogP contribution in [0.3, 0.4) is 0 Å². The smallest absolute Gasteiger partial charge is 0.310 e. The van der Waals surface area contributed by atoms with Gasteiger partial charge in [-0.15, -0.1) is 0 Å². The van der Waals surface area contributed by atoms with E-state index < -0.39 is 0 Å². The third-order valence-corrected chi connectivity index (χ3v) is 7.75. The van der Waals surface area contributed by atoms with Gasteiger partial charge in [-0.05, 0) is 37.4 Å². The van der Waals surface area contributed by atoms with Crippen LogP contribution >= 0.6 is 0 Å². The highest BCUT2D eigenvalue weighted by Gasteiger charge is 2.69.